The lowest BCUT2D eigenvalue weighted by molar-refractivity contribution is -0.113. The lowest BCUT2D eigenvalue weighted by atomic mass is 9.94. The maximum atomic E-state index is 13.1. The highest BCUT2D eigenvalue weighted by atomic mass is 16.2. The summed E-state index contributed by atoms with van der Waals surface area (Å²) in [4.78, 5) is 27.2. The second kappa shape index (κ2) is 7.76. The molecular formula is C22H26N4O2. The molecule has 0 radical (unpaired) electrons. The number of rotatable bonds is 4. The van der Waals surface area contributed by atoms with E-state index in [0.717, 1.165) is 28.1 Å². The molecule has 3 rings (SSSR count). The number of urea groups is 1. The molecule has 0 spiro atoms. The van der Waals surface area contributed by atoms with Crippen molar-refractivity contribution in [3.8, 4) is 0 Å². The molecule has 2 aromatic rings. The van der Waals surface area contributed by atoms with Crippen molar-refractivity contribution < 1.29 is 9.59 Å². The largest absolute Gasteiger partial charge is 0.378 e. The predicted molar refractivity (Wildman–Crippen MR) is 112 cm³/mol. The summed E-state index contributed by atoms with van der Waals surface area (Å²) in [5, 5.41) is 8.58. The van der Waals surface area contributed by atoms with Crippen LogP contribution in [0, 0.1) is 13.8 Å². The lowest BCUT2D eigenvalue weighted by Crippen LogP contribution is -2.46. The van der Waals surface area contributed by atoms with Crippen molar-refractivity contribution >= 4 is 23.3 Å². The van der Waals surface area contributed by atoms with Gasteiger partial charge in [0.2, 0.25) is 0 Å². The molecule has 1 aliphatic heterocycles. The quantitative estimate of drug-likeness (QED) is 0.761. The van der Waals surface area contributed by atoms with Gasteiger partial charge < -0.3 is 20.9 Å². The number of aryl methyl sites for hydroxylation is 1. The summed E-state index contributed by atoms with van der Waals surface area (Å²) in [6, 6.07) is 12.8. The second-order valence-electron chi connectivity index (χ2n) is 7.26. The molecule has 1 heterocycles. The van der Waals surface area contributed by atoms with Gasteiger partial charge in [-0.3, -0.25) is 4.79 Å². The van der Waals surface area contributed by atoms with Crippen LogP contribution in [0.2, 0.25) is 0 Å². The van der Waals surface area contributed by atoms with E-state index in [1.807, 2.05) is 75.3 Å². The highest BCUT2D eigenvalue weighted by molar-refractivity contribution is 6.07. The lowest BCUT2D eigenvalue weighted by Gasteiger charge is -2.29. The highest BCUT2D eigenvalue weighted by Gasteiger charge is 2.31. The van der Waals surface area contributed by atoms with Gasteiger partial charge in [0.05, 0.1) is 11.6 Å². The normalized spacial score (nSPS) is 16.3. The monoisotopic (exact) mass is 378 g/mol. The maximum Gasteiger partial charge on any atom is 0.319 e. The molecule has 0 unspecified atom stereocenters. The summed E-state index contributed by atoms with van der Waals surface area (Å²) < 4.78 is 0. The van der Waals surface area contributed by atoms with Crippen LogP contribution >= 0.6 is 0 Å². The van der Waals surface area contributed by atoms with E-state index in [9.17, 15) is 9.59 Å². The summed E-state index contributed by atoms with van der Waals surface area (Å²) in [5.41, 5.74) is 5.84. The Balaban J connectivity index is 1.95. The van der Waals surface area contributed by atoms with E-state index in [-0.39, 0.29) is 11.9 Å². The number of carbonyl (C=O) groups excluding carboxylic acids is 2. The number of nitrogens with one attached hydrogen (secondary N) is 3. The zero-order valence-corrected chi connectivity index (χ0v) is 16.9. The van der Waals surface area contributed by atoms with E-state index in [1.54, 1.807) is 6.92 Å². The van der Waals surface area contributed by atoms with Crippen molar-refractivity contribution in [3.63, 3.8) is 0 Å². The Labute approximate surface area is 165 Å². The van der Waals surface area contributed by atoms with E-state index in [0.29, 0.717) is 11.3 Å². The van der Waals surface area contributed by atoms with Gasteiger partial charge in [-0.15, -0.1) is 0 Å². The smallest absolute Gasteiger partial charge is 0.319 e. The zero-order chi connectivity index (χ0) is 20.4. The SMILES string of the molecule is CC1=C(C(=O)Nc2cccc(C)c2C)[C@H](c2ccc(N(C)C)cc2)NC(=O)N1. The molecule has 6 heteroatoms. The second-order valence-corrected chi connectivity index (χ2v) is 7.26. The summed E-state index contributed by atoms with van der Waals surface area (Å²) in [7, 11) is 3.93. The number of hydrogen-bond donors (Lipinski definition) is 3. The van der Waals surface area contributed by atoms with Crippen molar-refractivity contribution in [2.45, 2.75) is 26.8 Å². The summed E-state index contributed by atoms with van der Waals surface area (Å²) in [6.45, 7) is 5.73. The Morgan fingerprint density at radius 2 is 1.71 bits per heavy atom. The maximum absolute atomic E-state index is 13.1. The third kappa shape index (κ3) is 3.86. The molecule has 1 atom stereocenters. The third-order valence-corrected chi connectivity index (χ3v) is 5.11. The van der Waals surface area contributed by atoms with Gasteiger partial charge in [0.15, 0.2) is 0 Å². The van der Waals surface area contributed by atoms with Gasteiger partial charge in [-0.05, 0) is 55.7 Å². The van der Waals surface area contributed by atoms with E-state index in [1.165, 1.54) is 0 Å². The number of allylic oxidation sites excluding steroid dienone is 1. The van der Waals surface area contributed by atoms with E-state index < -0.39 is 6.04 Å². The number of anilines is 2. The molecule has 0 fully saturated rings. The molecule has 3 amide bonds. The van der Waals surface area contributed by atoms with Crippen LogP contribution in [0.5, 0.6) is 0 Å². The van der Waals surface area contributed by atoms with Crippen LogP contribution in [-0.4, -0.2) is 26.0 Å². The molecule has 2 aromatic carbocycles. The number of nitrogens with zero attached hydrogens (tertiary/aromatic N) is 1. The first-order chi connectivity index (χ1) is 13.3. The molecule has 0 aromatic heterocycles. The van der Waals surface area contributed by atoms with Crippen LogP contribution in [0.25, 0.3) is 0 Å². The molecule has 3 N–H and O–H groups in total. The minimum absolute atomic E-state index is 0.236. The average molecular weight is 378 g/mol. The summed E-state index contributed by atoms with van der Waals surface area (Å²) in [5.74, 6) is -0.236. The van der Waals surface area contributed by atoms with Crippen LogP contribution in [0.3, 0.4) is 0 Å². The summed E-state index contributed by atoms with van der Waals surface area (Å²) >= 11 is 0. The summed E-state index contributed by atoms with van der Waals surface area (Å²) in [6.07, 6.45) is 0. The first-order valence-corrected chi connectivity index (χ1v) is 9.21. The molecule has 1 aliphatic rings. The predicted octanol–water partition coefficient (Wildman–Crippen LogP) is 3.64. The molecule has 0 bridgehead atoms. The van der Waals surface area contributed by atoms with Crippen LogP contribution in [0.4, 0.5) is 16.2 Å². The van der Waals surface area contributed by atoms with Crippen LogP contribution in [0.15, 0.2) is 53.7 Å². The molecule has 6 nitrogen and oxygen atoms in total. The van der Waals surface area contributed by atoms with Gasteiger partial charge in [-0.1, -0.05) is 24.3 Å². The molecule has 28 heavy (non-hydrogen) atoms. The molecule has 146 valence electrons. The fraction of sp³-hybridized carbons (Fsp3) is 0.273. The average Bonchev–Trinajstić information content (AvgIpc) is 2.64. The zero-order valence-electron chi connectivity index (χ0n) is 16.9. The Bertz CT molecular complexity index is 946. The number of carbonyl (C=O) groups is 2. The molecule has 0 aliphatic carbocycles. The van der Waals surface area contributed by atoms with E-state index in [2.05, 4.69) is 16.0 Å². The van der Waals surface area contributed by atoms with Gasteiger partial charge >= 0.3 is 6.03 Å². The number of benzene rings is 2. The topological polar surface area (TPSA) is 73.5 Å². The Hall–Kier alpha value is -3.28. The third-order valence-electron chi connectivity index (χ3n) is 5.11. The number of hydrogen-bond acceptors (Lipinski definition) is 3. The van der Waals surface area contributed by atoms with Crippen LogP contribution in [0.1, 0.15) is 29.7 Å². The van der Waals surface area contributed by atoms with Gasteiger partial charge in [0.1, 0.15) is 0 Å². The highest BCUT2D eigenvalue weighted by Crippen LogP contribution is 2.29. The van der Waals surface area contributed by atoms with Crippen LogP contribution in [-0.2, 0) is 4.79 Å². The minimum Gasteiger partial charge on any atom is -0.378 e. The van der Waals surface area contributed by atoms with Crippen molar-refractivity contribution in [2.75, 3.05) is 24.3 Å². The fourth-order valence-corrected chi connectivity index (χ4v) is 3.29. The van der Waals surface area contributed by atoms with Crippen molar-refractivity contribution in [1.29, 1.82) is 0 Å². The minimum atomic E-state index is -0.518. The Kier molecular flexibility index (Phi) is 5.40. The van der Waals surface area contributed by atoms with Crippen molar-refractivity contribution in [1.82, 2.24) is 10.6 Å². The van der Waals surface area contributed by atoms with Crippen molar-refractivity contribution in [3.05, 3.63) is 70.4 Å². The van der Waals surface area contributed by atoms with E-state index in [4.69, 9.17) is 0 Å². The number of amides is 3. The molecule has 0 saturated heterocycles. The standard InChI is InChI=1S/C22H26N4O2/c1-13-7-6-8-18(14(13)2)24-21(27)19-15(3)23-22(28)25-20(19)16-9-11-17(12-10-16)26(4)5/h6-12,20H,1-5H3,(H,24,27)(H2,23,25,28)/t20-/m0/s1. The Morgan fingerprint density at radius 1 is 1.04 bits per heavy atom. The van der Waals surface area contributed by atoms with Crippen molar-refractivity contribution in [2.24, 2.45) is 0 Å². The fourth-order valence-electron chi connectivity index (χ4n) is 3.29. The molecular weight excluding hydrogens is 352 g/mol. The van der Waals surface area contributed by atoms with Crippen LogP contribution < -0.4 is 20.9 Å². The van der Waals surface area contributed by atoms with Gasteiger partial charge in [0.25, 0.3) is 5.91 Å². The van der Waals surface area contributed by atoms with E-state index >= 15 is 0 Å². The first-order valence-electron chi connectivity index (χ1n) is 9.21. The van der Waals surface area contributed by atoms with Gasteiger partial charge in [-0.2, -0.15) is 0 Å². The molecule has 0 saturated carbocycles. The van der Waals surface area contributed by atoms with Gasteiger partial charge in [-0.25, -0.2) is 4.79 Å². The Morgan fingerprint density at radius 3 is 2.36 bits per heavy atom. The van der Waals surface area contributed by atoms with Gasteiger partial charge in [0, 0.05) is 31.2 Å². The first kappa shape index (κ1) is 19.5.